The van der Waals surface area contributed by atoms with Crippen LogP contribution >= 0.6 is 11.3 Å². The molecule has 0 aliphatic rings. The van der Waals surface area contributed by atoms with Gasteiger partial charge in [0.25, 0.3) is 0 Å². The minimum atomic E-state index is 0.468. The Bertz CT molecular complexity index is 517. The van der Waals surface area contributed by atoms with Crippen LogP contribution in [0, 0.1) is 0 Å². The van der Waals surface area contributed by atoms with Crippen LogP contribution in [-0.2, 0) is 4.79 Å². The lowest BCUT2D eigenvalue weighted by Gasteiger charge is -1.95. The normalized spacial score (nSPS) is 11.4. The number of nitrogen functional groups attached to an aromatic ring is 1. The van der Waals surface area contributed by atoms with Crippen LogP contribution in [0.4, 0.5) is 5.13 Å². The minimum Gasteiger partial charge on any atom is -0.375 e. The maximum Gasteiger partial charge on any atom is 0.180 e. The zero-order chi connectivity index (χ0) is 11.4. The molecule has 0 saturated carbocycles. The van der Waals surface area contributed by atoms with E-state index in [1.165, 1.54) is 11.3 Å². The summed E-state index contributed by atoms with van der Waals surface area (Å²) in [6.45, 7) is 0. The number of anilines is 1. The fraction of sp³-hybridized carbons (Fsp3) is 0. The van der Waals surface area contributed by atoms with Crippen molar-refractivity contribution in [2.45, 2.75) is 0 Å². The molecule has 2 N–H and O–H groups in total. The van der Waals surface area contributed by atoms with Crippen molar-refractivity contribution in [3.8, 4) is 0 Å². The predicted octanol–water partition coefficient (Wildman–Crippen LogP) is 2.46. The largest absolute Gasteiger partial charge is 0.375 e. The highest BCUT2D eigenvalue weighted by Crippen LogP contribution is 2.20. The Balaban J connectivity index is 2.37. The lowest BCUT2D eigenvalue weighted by atomic mass is 10.1. The van der Waals surface area contributed by atoms with Gasteiger partial charge in [-0.1, -0.05) is 30.3 Å². The van der Waals surface area contributed by atoms with E-state index in [0.717, 1.165) is 11.8 Å². The monoisotopic (exact) mass is 230 g/mol. The van der Waals surface area contributed by atoms with Crippen molar-refractivity contribution in [1.29, 1.82) is 0 Å². The summed E-state index contributed by atoms with van der Waals surface area (Å²) in [4.78, 5) is 15.0. The number of carbonyl (C=O) groups is 1. The predicted molar refractivity (Wildman–Crippen MR) is 66.9 cm³/mol. The van der Waals surface area contributed by atoms with E-state index in [4.69, 9.17) is 5.73 Å². The molecule has 4 heteroatoms. The molecule has 0 atom stereocenters. The molecule has 0 aliphatic carbocycles. The summed E-state index contributed by atoms with van der Waals surface area (Å²) in [5.74, 6) is 0. The van der Waals surface area contributed by atoms with E-state index < -0.39 is 0 Å². The first-order valence-corrected chi connectivity index (χ1v) is 5.61. The van der Waals surface area contributed by atoms with Crippen LogP contribution in [-0.4, -0.2) is 11.3 Å². The fourth-order valence-corrected chi connectivity index (χ4v) is 1.89. The molecular formula is C12H10N2OS. The summed E-state index contributed by atoms with van der Waals surface area (Å²) in [5, 5.41) is 2.24. The van der Waals surface area contributed by atoms with E-state index in [2.05, 4.69) is 4.98 Å². The molecule has 1 aromatic carbocycles. The van der Waals surface area contributed by atoms with E-state index >= 15 is 0 Å². The van der Waals surface area contributed by atoms with Crippen molar-refractivity contribution in [3.05, 3.63) is 47.0 Å². The van der Waals surface area contributed by atoms with Gasteiger partial charge in [0, 0.05) is 11.0 Å². The Hall–Kier alpha value is -1.94. The van der Waals surface area contributed by atoms with Crippen LogP contribution in [0.2, 0.25) is 0 Å². The Morgan fingerprint density at radius 2 is 2.06 bits per heavy atom. The van der Waals surface area contributed by atoms with E-state index in [-0.39, 0.29) is 0 Å². The number of hydrogen-bond acceptors (Lipinski definition) is 4. The number of allylic oxidation sites excluding steroid dienone is 1. The number of rotatable bonds is 3. The lowest BCUT2D eigenvalue weighted by Crippen LogP contribution is -1.88. The van der Waals surface area contributed by atoms with Crippen molar-refractivity contribution in [2.75, 3.05) is 5.73 Å². The molecule has 3 nitrogen and oxygen atoms in total. The van der Waals surface area contributed by atoms with Crippen molar-refractivity contribution < 1.29 is 4.79 Å². The molecule has 0 aliphatic heterocycles. The highest BCUT2D eigenvalue weighted by molar-refractivity contribution is 7.13. The molecule has 0 fully saturated rings. The third-order valence-electron chi connectivity index (χ3n) is 2.07. The van der Waals surface area contributed by atoms with Crippen LogP contribution in [0.15, 0.2) is 35.7 Å². The van der Waals surface area contributed by atoms with E-state index in [9.17, 15) is 4.79 Å². The smallest absolute Gasteiger partial charge is 0.180 e. The Kier molecular flexibility index (Phi) is 3.12. The minimum absolute atomic E-state index is 0.468. The van der Waals surface area contributed by atoms with Crippen LogP contribution in [0.1, 0.15) is 11.3 Å². The van der Waals surface area contributed by atoms with Crippen LogP contribution in [0.3, 0.4) is 0 Å². The Labute approximate surface area is 97.3 Å². The molecule has 80 valence electrons. The van der Waals surface area contributed by atoms with Crippen molar-refractivity contribution >= 4 is 34.4 Å². The molecule has 2 aromatic rings. The molecule has 1 aromatic heterocycles. The molecule has 0 amide bonds. The highest BCUT2D eigenvalue weighted by Gasteiger charge is 2.04. The molecular weight excluding hydrogens is 220 g/mol. The number of nitrogens with zero attached hydrogens (tertiary/aromatic N) is 1. The highest BCUT2D eigenvalue weighted by atomic mass is 32.1. The number of benzene rings is 1. The number of thiazole rings is 1. The number of aldehydes is 1. The molecule has 0 spiro atoms. The first-order chi connectivity index (χ1) is 7.79. The zero-order valence-electron chi connectivity index (χ0n) is 8.46. The summed E-state index contributed by atoms with van der Waals surface area (Å²) < 4.78 is 0. The van der Waals surface area contributed by atoms with E-state index in [0.29, 0.717) is 16.4 Å². The van der Waals surface area contributed by atoms with Gasteiger partial charge in [-0.3, -0.25) is 4.79 Å². The van der Waals surface area contributed by atoms with Gasteiger partial charge in [-0.2, -0.15) is 0 Å². The summed E-state index contributed by atoms with van der Waals surface area (Å²) in [5.41, 5.74) is 7.66. The second kappa shape index (κ2) is 4.72. The molecule has 0 bridgehead atoms. The van der Waals surface area contributed by atoms with Gasteiger partial charge >= 0.3 is 0 Å². The van der Waals surface area contributed by atoms with Crippen molar-refractivity contribution in [3.63, 3.8) is 0 Å². The number of nitrogens with two attached hydrogens (primary N) is 1. The molecule has 1 heterocycles. The third-order valence-corrected chi connectivity index (χ3v) is 2.74. The summed E-state index contributed by atoms with van der Waals surface area (Å²) in [6.07, 6.45) is 2.59. The van der Waals surface area contributed by atoms with E-state index in [1.807, 2.05) is 30.3 Å². The molecule has 2 rings (SSSR count). The van der Waals surface area contributed by atoms with Gasteiger partial charge in [0.15, 0.2) is 11.4 Å². The summed E-state index contributed by atoms with van der Waals surface area (Å²) in [7, 11) is 0. The standard InChI is InChI=1S/C12H10N2OS/c13-12-14-11(8-16-12)10(7-15)6-9-4-2-1-3-5-9/h1-8H,(H2,13,14)/b10-6-. The molecule has 0 saturated heterocycles. The Morgan fingerprint density at radius 3 is 2.62 bits per heavy atom. The average Bonchev–Trinajstić information content (AvgIpc) is 2.74. The first-order valence-electron chi connectivity index (χ1n) is 4.73. The first kappa shape index (κ1) is 10.6. The summed E-state index contributed by atoms with van der Waals surface area (Å²) in [6, 6.07) is 9.63. The van der Waals surface area contributed by atoms with Gasteiger partial charge in [-0.25, -0.2) is 4.98 Å². The topological polar surface area (TPSA) is 56.0 Å². The third kappa shape index (κ3) is 2.35. The van der Waals surface area contributed by atoms with Gasteiger partial charge in [0.2, 0.25) is 0 Å². The van der Waals surface area contributed by atoms with Crippen LogP contribution < -0.4 is 5.73 Å². The van der Waals surface area contributed by atoms with Gasteiger partial charge < -0.3 is 5.73 Å². The van der Waals surface area contributed by atoms with E-state index in [1.54, 1.807) is 11.5 Å². The van der Waals surface area contributed by atoms with Crippen LogP contribution in [0.25, 0.3) is 11.6 Å². The van der Waals surface area contributed by atoms with Gasteiger partial charge in [0.1, 0.15) is 0 Å². The van der Waals surface area contributed by atoms with Crippen molar-refractivity contribution in [2.24, 2.45) is 0 Å². The Morgan fingerprint density at radius 1 is 1.31 bits per heavy atom. The maximum atomic E-state index is 11.0. The molecule has 0 unspecified atom stereocenters. The van der Waals surface area contributed by atoms with Crippen molar-refractivity contribution in [1.82, 2.24) is 4.98 Å². The second-order valence-corrected chi connectivity index (χ2v) is 4.09. The average molecular weight is 230 g/mol. The number of carbonyl (C=O) groups excluding carboxylic acids is 1. The van der Waals surface area contributed by atoms with Crippen LogP contribution in [0.5, 0.6) is 0 Å². The maximum absolute atomic E-state index is 11.0. The molecule has 16 heavy (non-hydrogen) atoms. The SMILES string of the molecule is Nc1nc(/C(C=O)=C\c2ccccc2)cs1. The molecule has 0 radical (unpaired) electrons. The summed E-state index contributed by atoms with van der Waals surface area (Å²) >= 11 is 1.33. The number of aromatic nitrogens is 1. The van der Waals surface area contributed by atoms with Gasteiger partial charge in [0.05, 0.1) is 5.69 Å². The quantitative estimate of drug-likeness (QED) is 0.651. The fourth-order valence-electron chi connectivity index (χ4n) is 1.32. The lowest BCUT2D eigenvalue weighted by molar-refractivity contribution is -0.103. The zero-order valence-corrected chi connectivity index (χ0v) is 9.28. The van der Waals surface area contributed by atoms with Gasteiger partial charge in [-0.05, 0) is 11.6 Å². The number of hydrogen-bond donors (Lipinski definition) is 1. The second-order valence-electron chi connectivity index (χ2n) is 3.20. The van der Waals surface area contributed by atoms with Gasteiger partial charge in [-0.15, -0.1) is 11.3 Å².